The van der Waals surface area contributed by atoms with Crippen molar-refractivity contribution in [2.75, 3.05) is 13.8 Å². The second-order valence-corrected chi connectivity index (χ2v) is 7.13. The summed E-state index contributed by atoms with van der Waals surface area (Å²) in [5, 5.41) is 0. The molecule has 7 nitrogen and oxygen atoms in total. The fourth-order valence-corrected chi connectivity index (χ4v) is 3.38. The Morgan fingerprint density at radius 1 is 1.30 bits per heavy atom. The van der Waals surface area contributed by atoms with Crippen molar-refractivity contribution in [2.45, 2.75) is 31.0 Å². The second-order valence-electron chi connectivity index (χ2n) is 7.13. The number of ether oxygens (including phenoxy) is 1. The molecule has 0 saturated heterocycles. The Kier molecular flexibility index (Phi) is 5.40. The Morgan fingerprint density at radius 3 is 2.57 bits per heavy atom. The van der Waals surface area contributed by atoms with Crippen molar-refractivity contribution in [3.8, 4) is 17.1 Å². The summed E-state index contributed by atoms with van der Waals surface area (Å²) in [5.74, 6) is -3.77. The number of nitrogens with zero attached hydrogens (tertiary/aromatic N) is 3. The number of primary amides is 1. The van der Waals surface area contributed by atoms with Gasteiger partial charge in [0.15, 0.2) is 11.4 Å². The molecule has 0 fully saturated rings. The van der Waals surface area contributed by atoms with Gasteiger partial charge in [-0.15, -0.1) is 0 Å². The van der Waals surface area contributed by atoms with Crippen molar-refractivity contribution < 1.29 is 27.1 Å². The van der Waals surface area contributed by atoms with Gasteiger partial charge in [0.25, 0.3) is 5.91 Å². The van der Waals surface area contributed by atoms with Gasteiger partial charge < -0.3 is 16.2 Å². The largest absolute Gasteiger partial charge is 0.480 e. The van der Waals surface area contributed by atoms with Crippen LogP contribution < -0.4 is 16.2 Å². The highest BCUT2D eigenvalue weighted by Gasteiger charge is 2.46. The first-order chi connectivity index (χ1) is 14.1. The monoisotopic (exact) mass is 425 g/mol. The van der Waals surface area contributed by atoms with Crippen LogP contribution in [-0.4, -0.2) is 41.2 Å². The summed E-state index contributed by atoms with van der Waals surface area (Å²) in [6.07, 6.45) is 0.499. The maximum absolute atomic E-state index is 15.6. The van der Waals surface area contributed by atoms with Crippen molar-refractivity contribution in [1.29, 1.82) is 0 Å². The number of aliphatic imine (C=N–C) groups is 1. The SMILES string of the molecule is COc1cnc(C(N)=O)c(-c2ccc(F)c([C@]3(C)CC[C@@](F)(CF)C(N)=N3)c2F)n1. The van der Waals surface area contributed by atoms with E-state index >= 15 is 4.39 Å². The van der Waals surface area contributed by atoms with Crippen molar-refractivity contribution >= 4 is 11.7 Å². The molecule has 4 N–H and O–H groups in total. The summed E-state index contributed by atoms with van der Waals surface area (Å²) >= 11 is 0. The Hall–Kier alpha value is -3.24. The predicted molar refractivity (Wildman–Crippen MR) is 100 cm³/mol. The third-order valence-electron chi connectivity index (χ3n) is 5.12. The molecule has 160 valence electrons. The zero-order chi connectivity index (χ0) is 22.3. The molecule has 1 aromatic carbocycles. The fraction of sp³-hybridized carbons (Fsp3) is 0.368. The zero-order valence-electron chi connectivity index (χ0n) is 16.2. The van der Waals surface area contributed by atoms with E-state index in [-0.39, 0.29) is 29.3 Å². The Morgan fingerprint density at radius 2 is 2.00 bits per heavy atom. The molecule has 2 aromatic rings. The molecule has 0 saturated carbocycles. The lowest BCUT2D eigenvalue weighted by atomic mass is 9.79. The molecular formula is C19H19F4N5O2. The molecule has 11 heteroatoms. The molecule has 0 radical (unpaired) electrons. The van der Waals surface area contributed by atoms with E-state index in [0.717, 1.165) is 18.3 Å². The number of methoxy groups -OCH3 is 1. The molecule has 1 aliphatic heterocycles. The average molecular weight is 425 g/mol. The van der Waals surface area contributed by atoms with Crippen LogP contribution in [-0.2, 0) is 5.54 Å². The number of halogens is 4. The van der Waals surface area contributed by atoms with Crippen molar-refractivity contribution in [3.63, 3.8) is 0 Å². The van der Waals surface area contributed by atoms with Crippen LogP contribution in [0.25, 0.3) is 11.3 Å². The van der Waals surface area contributed by atoms with Gasteiger partial charge in [-0.2, -0.15) is 0 Å². The Labute approximate surface area is 169 Å². The Bertz CT molecular complexity index is 1050. The van der Waals surface area contributed by atoms with Gasteiger partial charge in [0.2, 0.25) is 5.88 Å². The highest BCUT2D eigenvalue weighted by molar-refractivity contribution is 5.97. The molecule has 2 heterocycles. The highest BCUT2D eigenvalue weighted by atomic mass is 19.2. The summed E-state index contributed by atoms with van der Waals surface area (Å²) < 4.78 is 62.7. The van der Waals surface area contributed by atoms with Gasteiger partial charge in [-0.3, -0.25) is 9.79 Å². The van der Waals surface area contributed by atoms with E-state index < -0.39 is 53.2 Å². The number of carbonyl (C=O) groups is 1. The number of hydrogen-bond acceptors (Lipinski definition) is 6. The number of amides is 1. The van der Waals surface area contributed by atoms with Gasteiger partial charge in [-0.05, 0) is 31.9 Å². The number of nitrogens with two attached hydrogens (primary N) is 2. The highest BCUT2D eigenvalue weighted by Crippen LogP contribution is 2.43. The third-order valence-corrected chi connectivity index (χ3v) is 5.12. The van der Waals surface area contributed by atoms with Crippen LogP contribution >= 0.6 is 0 Å². The van der Waals surface area contributed by atoms with E-state index in [9.17, 15) is 18.0 Å². The molecule has 1 amide bonds. The van der Waals surface area contributed by atoms with Crippen LogP contribution in [0.3, 0.4) is 0 Å². The minimum Gasteiger partial charge on any atom is -0.480 e. The van der Waals surface area contributed by atoms with E-state index in [4.69, 9.17) is 16.2 Å². The summed E-state index contributed by atoms with van der Waals surface area (Å²) in [5.41, 5.74) is 5.35. The number of rotatable bonds is 5. The normalized spacial score (nSPS) is 23.7. The van der Waals surface area contributed by atoms with Gasteiger partial charge in [0.05, 0.1) is 24.4 Å². The number of alkyl halides is 2. The molecule has 1 aromatic heterocycles. The van der Waals surface area contributed by atoms with Crippen molar-refractivity contribution in [3.05, 3.63) is 41.2 Å². The van der Waals surface area contributed by atoms with E-state index in [1.165, 1.54) is 14.0 Å². The molecule has 30 heavy (non-hydrogen) atoms. The molecule has 1 aliphatic rings. The van der Waals surface area contributed by atoms with Crippen LogP contribution in [0.4, 0.5) is 17.6 Å². The van der Waals surface area contributed by atoms with Crippen LogP contribution in [0, 0.1) is 11.6 Å². The minimum absolute atomic E-state index is 0.0309. The van der Waals surface area contributed by atoms with Gasteiger partial charge in [0.1, 0.15) is 29.8 Å². The number of benzene rings is 1. The number of amidine groups is 1. The van der Waals surface area contributed by atoms with E-state index in [1.54, 1.807) is 0 Å². The maximum Gasteiger partial charge on any atom is 0.269 e. The zero-order valence-corrected chi connectivity index (χ0v) is 16.2. The first-order valence-electron chi connectivity index (χ1n) is 8.86. The fourth-order valence-electron chi connectivity index (χ4n) is 3.38. The van der Waals surface area contributed by atoms with Crippen LogP contribution in [0.1, 0.15) is 35.8 Å². The van der Waals surface area contributed by atoms with Crippen LogP contribution in [0.2, 0.25) is 0 Å². The minimum atomic E-state index is -2.48. The lowest BCUT2D eigenvalue weighted by molar-refractivity contribution is 0.0996. The van der Waals surface area contributed by atoms with Gasteiger partial charge in [-0.25, -0.2) is 27.5 Å². The van der Waals surface area contributed by atoms with E-state index in [0.29, 0.717) is 0 Å². The lowest BCUT2D eigenvalue weighted by Gasteiger charge is -2.36. The lowest BCUT2D eigenvalue weighted by Crippen LogP contribution is -2.48. The van der Waals surface area contributed by atoms with Gasteiger partial charge in [-0.1, -0.05) is 0 Å². The first kappa shape index (κ1) is 21.5. The summed E-state index contributed by atoms with van der Waals surface area (Å²) in [7, 11) is 1.29. The number of hydrogen-bond donors (Lipinski definition) is 2. The summed E-state index contributed by atoms with van der Waals surface area (Å²) in [6, 6.07) is 2.01. The van der Waals surface area contributed by atoms with Crippen molar-refractivity contribution in [1.82, 2.24) is 9.97 Å². The van der Waals surface area contributed by atoms with Gasteiger partial charge >= 0.3 is 0 Å². The molecule has 0 unspecified atom stereocenters. The molecule has 0 bridgehead atoms. The molecule has 0 spiro atoms. The standard InChI is InChI=1S/C19H19F4N5O2/c1-18(5-6-19(23,8-20)17(25)28-18)12-10(21)4-3-9(13(12)22)14-15(16(24)29)26-7-11(27-14)30-2/h3-4,7H,5-6,8H2,1-2H3,(H2,24,29)(H2,25,28)/t18-,19+/m0/s1. The second kappa shape index (κ2) is 7.54. The molecule has 2 atom stereocenters. The van der Waals surface area contributed by atoms with E-state index in [2.05, 4.69) is 15.0 Å². The Balaban J connectivity index is 2.23. The molecule has 0 aliphatic carbocycles. The predicted octanol–water partition coefficient (Wildman–Crippen LogP) is 2.57. The van der Waals surface area contributed by atoms with E-state index in [1.807, 2.05) is 0 Å². The number of carbonyl (C=O) groups excluding carboxylic acids is 1. The molecular weight excluding hydrogens is 406 g/mol. The van der Waals surface area contributed by atoms with Crippen LogP contribution in [0.15, 0.2) is 23.3 Å². The maximum atomic E-state index is 15.6. The molecule has 3 rings (SSSR count). The quantitative estimate of drug-likeness (QED) is 0.715. The average Bonchev–Trinajstić information content (AvgIpc) is 2.70. The summed E-state index contributed by atoms with van der Waals surface area (Å²) in [6.45, 7) is -0.0417. The third kappa shape index (κ3) is 3.44. The summed E-state index contributed by atoms with van der Waals surface area (Å²) in [4.78, 5) is 23.5. The van der Waals surface area contributed by atoms with Crippen molar-refractivity contribution in [2.24, 2.45) is 16.5 Å². The first-order valence-corrected chi connectivity index (χ1v) is 8.86. The topological polar surface area (TPSA) is 116 Å². The smallest absolute Gasteiger partial charge is 0.269 e. The number of aromatic nitrogens is 2. The van der Waals surface area contributed by atoms with Crippen LogP contribution in [0.5, 0.6) is 5.88 Å². The van der Waals surface area contributed by atoms with Gasteiger partial charge in [0, 0.05) is 5.56 Å².